The van der Waals surface area contributed by atoms with E-state index in [0.29, 0.717) is 6.54 Å². The molecule has 20 heavy (non-hydrogen) atoms. The molecule has 1 aromatic heterocycles. The minimum Gasteiger partial charge on any atom is -0.379 e. The number of benzene rings is 1. The minimum atomic E-state index is -0.514. The van der Waals surface area contributed by atoms with Gasteiger partial charge in [-0.05, 0) is 17.5 Å². The van der Waals surface area contributed by atoms with Crippen molar-refractivity contribution in [1.29, 1.82) is 0 Å². The number of nitro groups is 1. The zero-order chi connectivity index (χ0) is 14.8. The van der Waals surface area contributed by atoms with E-state index >= 15 is 0 Å². The van der Waals surface area contributed by atoms with E-state index in [2.05, 4.69) is 5.32 Å². The Morgan fingerprint density at radius 3 is 2.75 bits per heavy atom. The number of rotatable bonds is 5. The number of anilines is 1. The third-order valence-corrected chi connectivity index (χ3v) is 4.30. The molecule has 6 heteroatoms. The zero-order valence-electron chi connectivity index (χ0n) is 11.2. The van der Waals surface area contributed by atoms with Crippen LogP contribution in [0.15, 0.2) is 35.7 Å². The Morgan fingerprint density at radius 1 is 1.40 bits per heavy atom. The first kappa shape index (κ1) is 14.5. The lowest BCUT2D eigenvalue weighted by molar-refractivity contribution is -0.384. The van der Waals surface area contributed by atoms with E-state index in [0.717, 1.165) is 12.1 Å². The highest BCUT2D eigenvalue weighted by molar-refractivity contribution is 7.10. The summed E-state index contributed by atoms with van der Waals surface area (Å²) >= 11 is 1.63. The molecule has 0 aliphatic heterocycles. The van der Waals surface area contributed by atoms with Crippen LogP contribution in [0.3, 0.4) is 0 Å². The Bertz CT molecular complexity index is 612. The topological polar surface area (TPSA) is 55.2 Å². The van der Waals surface area contributed by atoms with Gasteiger partial charge in [0.05, 0.1) is 4.92 Å². The molecule has 0 saturated heterocycles. The van der Waals surface area contributed by atoms with E-state index in [1.807, 2.05) is 31.4 Å². The number of nitro benzene ring substituents is 1. The monoisotopic (exact) mass is 294 g/mol. The van der Waals surface area contributed by atoms with Crippen LogP contribution in [0.2, 0.25) is 0 Å². The molecule has 0 saturated carbocycles. The van der Waals surface area contributed by atoms with Crippen LogP contribution in [0.1, 0.15) is 18.7 Å². The van der Waals surface area contributed by atoms with Crippen molar-refractivity contribution in [2.75, 3.05) is 11.9 Å². The Morgan fingerprint density at radius 2 is 2.15 bits per heavy atom. The molecular weight excluding hydrogens is 279 g/mol. The summed E-state index contributed by atoms with van der Waals surface area (Å²) in [6.45, 7) is 4.56. The van der Waals surface area contributed by atoms with Crippen molar-refractivity contribution < 1.29 is 9.31 Å². The SMILES string of the molecule is CC(C)(CNc1cc(F)ccc1[N+](=O)[O-])c1cccs1. The van der Waals surface area contributed by atoms with Gasteiger partial charge in [0, 0.05) is 29.0 Å². The van der Waals surface area contributed by atoms with Gasteiger partial charge in [0.2, 0.25) is 0 Å². The maximum atomic E-state index is 13.2. The van der Waals surface area contributed by atoms with E-state index in [4.69, 9.17) is 0 Å². The van der Waals surface area contributed by atoms with Gasteiger partial charge >= 0.3 is 0 Å². The lowest BCUT2D eigenvalue weighted by atomic mass is 9.91. The molecule has 0 radical (unpaired) electrons. The minimum absolute atomic E-state index is 0.117. The highest BCUT2D eigenvalue weighted by Crippen LogP contribution is 2.30. The third-order valence-electron chi connectivity index (χ3n) is 3.06. The molecule has 0 aliphatic rings. The molecule has 1 heterocycles. The maximum absolute atomic E-state index is 13.2. The fraction of sp³-hybridized carbons (Fsp3) is 0.286. The second kappa shape index (κ2) is 5.58. The third kappa shape index (κ3) is 3.14. The van der Waals surface area contributed by atoms with Gasteiger partial charge in [-0.25, -0.2) is 4.39 Å². The molecule has 1 aromatic carbocycles. The molecule has 2 rings (SSSR count). The molecular formula is C14H15FN2O2S. The predicted molar refractivity (Wildman–Crippen MR) is 78.9 cm³/mol. The molecule has 0 spiro atoms. The number of hydrogen-bond donors (Lipinski definition) is 1. The van der Waals surface area contributed by atoms with Gasteiger partial charge in [0.15, 0.2) is 0 Å². The highest BCUT2D eigenvalue weighted by atomic mass is 32.1. The summed E-state index contributed by atoms with van der Waals surface area (Å²) in [5, 5.41) is 15.9. The number of hydrogen-bond acceptors (Lipinski definition) is 4. The zero-order valence-corrected chi connectivity index (χ0v) is 12.0. The van der Waals surface area contributed by atoms with Crippen molar-refractivity contribution in [3.63, 3.8) is 0 Å². The smallest absolute Gasteiger partial charge is 0.292 e. The summed E-state index contributed by atoms with van der Waals surface area (Å²) in [7, 11) is 0. The molecule has 106 valence electrons. The van der Waals surface area contributed by atoms with Gasteiger partial charge in [-0.2, -0.15) is 0 Å². The van der Waals surface area contributed by atoms with Gasteiger partial charge in [-0.1, -0.05) is 19.9 Å². The number of thiophene rings is 1. The van der Waals surface area contributed by atoms with Crippen LogP contribution < -0.4 is 5.32 Å². The first-order valence-electron chi connectivity index (χ1n) is 6.12. The van der Waals surface area contributed by atoms with Crippen molar-refractivity contribution >= 4 is 22.7 Å². The molecule has 0 bridgehead atoms. The average Bonchev–Trinajstić information content (AvgIpc) is 2.90. The van der Waals surface area contributed by atoms with E-state index in [1.165, 1.54) is 10.9 Å². The molecule has 0 amide bonds. The number of halogens is 1. The van der Waals surface area contributed by atoms with Crippen LogP contribution in [0.25, 0.3) is 0 Å². The Kier molecular flexibility index (Phi) is 4.04. The van der Waals surface area contributed by atoms with Gasteiger partial charge in [-0.3, -0.25) is 10.1 Å². The van der Waals surface area contributed by atoms with E-state index < -0.39 is 10.7 Å². The molecule has 0 fully saturated rings. The van der Waals surface area contributed by atoms with Crippen molar-refractivity contribution in [3.05, 3.63) is 56.5 Å². The molecule has 4 nitrogen and oxygen atoms in total. The summed E-state index contributed by atoms with van der Waals surface area (Å²) < 4.78 is 13.2. The van der Waals surface area contributed by atoms with Gasteiger partial charge in [0.25, 0.3) is 5.69 Å². The van der Waals surface area contributed by atoms with Crippen molar-refractivity contribution in [2.24, 2.45) is 0 Å². The van der Waals surface area contributed by atoms with E-state index in [1.54, 1.807) is 11.3 Å². The quantitative estimate of drug-likeness (QED) is 0.664. The molecule has 0 aliphatic carbocycles. The molecule has 0 unspecified atom stereocenters. The fourth-order valence-electron chi connectivity index (χ4n) is 1.88. The highest BCUT2D eigenvalue weighted by Gasteiger charge is 2.23. The van der Waals surface area contributed by atoms with Gasteiger partial charge in [-0.15, -0.1) is 11.3 Å². The van der Waals surface area contributed by atoms with Crippen molar-refractivity contribution in [1.82, 2.24) is 0 Å². The first-order valence-corrected chi connectivity index (χ1v) is 7.00. The van der Waals surface area contributed by atoms with Gasteiger partial charge < -0.3 is 5.32 Å². The summed E-state index contributed by atoms with van der Waals surface area (Å²) in [5.74, 6) is -0.493. The summed E-state index contributed by atoms with van der Waals surface area (Å²) in [5.41, 5.74) is -0.0954. The van der Waals surface area contributed by atoms with Crippen LogP contribution in [0.5, 0.6) is 0 Å². The van der Waals surface area contributed by atoms with Crippen LogP contribution in [0.4, 0.5) is 15.8 Å². The van der Waals surface area contributed by atoms with Crippen LogP contribution >= 0.6 is 11.3 Å². The van der Waals surface area contributed by atoms with Crippen molar-refractivity contribution in [3.8, 4) is 0 Å². The number of nitrogens with zero attached hydrogens (tertiary/aromatic N) is 1. The van der Waals surface area contributed by atoms with E-state index in [9.17, 15) is 14.5 Å². The second-order valence-electron chi connectivity index (χ2n) is 5.13. The average molecular weight is 294 g/mol. The second-order valence-corrected chi connectivity index (χ2v) is 6.08. The Hall–Kier alpha value is -1.95. The summed E-state index contributed by atoms with van der Waals surface area (Å²) in [6.07, 6.45) is 0. The molecule has 0 atom stereocenters. The lowest BCUT2D eigenvalue weighted by Gasteiger charge is -2.24. The summed E-state index contributed by atoms with van der Waals surface area (Å²) in [6, 6.07) is 7.41. The van der Waals surface area contributed by atoms with Gasteiger partial charge in [0.1, 0.15) is 11.5 Å². The largest absolute Gasteiger partial charge is 0.379 e. The summed E-state index contributed by atoms with van der Waals surface area (Å²) in [4.78, 5) is 11.6. The normalized spacial score (nSPS) is 11.3. The van der Waals surface area contributed by atoms with Crippen LogP contribution in [-0.4, -0.2) is 11.5 Å². The molecule has 1 N–H and O–H groups in total. The Balaban J connectivity index is 2.19. The van der Waals surface area contributed by atoms with Crippen LogP contribution in [0, 0.1) is 15.9 Å². The van der Waals surface area contributed by atoms with Crippen LogP contribution in [-0.2, 0) is 5.41 Å². The Labute approximate surface area is 120 Å². The first-order chi connectivity index (χ1) is 9.40. The van der Waals surface area contributed by atoms with E-state index in [-0.39, 0.29) is 16.8 Å². The lowest BCUT2D eigenvalue weighted by Crippen LogP contribution is -2.26. The maximum Gasteiger partial charge on any atom is 0.292 e. The van der Waals surface area contributed by atoms with Crippen molar-refractivity contribution in [2.45, 2.75) is 19.3 Å². The number of nitrogens with one attached hydrogen (secondary N) is 1. The fourth-order valence-corrected chi connectivity index (χ4v) is 2.73. The molecule has 2 aromatic rings. The standard InChI is InChI=1S/C14H15FN2O2S/c1-14(2,13-4-3-7-20-13)9-16-11-8-10(15)5-6-12(11)17(18)19/h3-8,16H,9H2,1-2H3. The predicted octanol–water partition coefficient (Wildman–Crippen LogP) is 4.19.